The van der Waals surface area contributed by atoms with Gasteiger partial charge >= 0.3 is 0 Å². The van der Waals surface area contributed by atoms with Gasteiger partial charge in [-0.2, -0.15) is 5.10 Å². The summed E-state index contributed by atoms with van der Waals surface area (Å²) in [5.41, 5.74) is 3.21. The van der Waals surface area contributed by atoms with Gasteiger partial charge in [0, 0.05) is 17.0 Å². The summed E-state index contributed by atoms with van der Waals surface area (Å²) in [6, 6.07) is 11.5. The van der Waals surface area contributed by atoms with E-state index < -0.39 is 0 Å². The van der Waals surface area contributed by atoms with Crippen LogP contribution in [0.1, 0.15) is 34.5 Å². The van der Waals surface area contributed by atoms with Gasteiger partial charge in [0.2, 0.25) is 5.78 Å². The van der Waals surface area contributed by atoms with E-state index in [2.05, 4.69) is 15.5 Å². The highest BCUT2D eigenvalue weighted by molar-refractivity contribution is 6.15. The van der Waals surface area contributed by atoms with Crippen molar-refractivity contribution in [3.8, 4) is 11.5 Å². The Morgan fingerprint density at radius 1 is 1.21 bits per heavy atom. The summed E-state index contributed by atoms with van der Waals surface area (Å²) in [5, 5.41) is 11.7. The minimum Gasteiger partial charge on any atom is -0.496 e. The number of rotatable bonds is 4. The lowest BCUT2D eigenvalue weighted by atomic mass is 9.89. The van der Waals surface area contributed by atoms with Gasteiger partial charge < -0.3 is 14.8 Å². The number of aromatic nitrogens is 2. The molecule has 0 aliphatic carbocycles. The number of piperidine rings is 1. The first kappa shape index (κ1) is 17.9. The van der Waals surface area contributed by atoms with Crippen LogP contribution < -0.4 is 14.8 Å². The van der Waals surface area contributed by atoms with E-state index >= 15 is 0 Å². The predicted molar refractivity (Wildman–Crippen MR) is 111 cm³/mol. The Bertz CT molecular complexity index is 1110. The van der Waals surface area contributed by atoms with Gasteiger partial charge in [-0.15, -0.1) is 0 Å². The molecule has 0 atom stereocenters. The van der Waals surface area contributed by atoms with Gasteiger partial charge in [0.05, 0.1) is 23.9 Å². The van der Waals surface area contributed by atoms with E-state index in [0.717, 1.165) is 54.6 Å². The van der Waals surface area contributed by atoms with Gasteiger partial charge in [-0.1, -0.05) is 18.2 Å². The molecule has 0 spiro atoms. The molecule has 29 heavy (non-hydrogen) atoms. The molecule has 3 heterocycles. The summed E-state index contributed by atoms with van der Waals surface area (Å²) >= 11 is 0. The standard InChI is InChI=1S/C23H23N3O3/c1-28-20-7-6-16-22(27)21(13-19-15-4-2-3-5-18(15)25-26-19)29-23(16)17(20)12-14-8-10-24-11-9-14/h2-7,13-14,24H,8-12H2,1H3,(H,25,26)/b21-13-. The van der Waals surface area contributed by atoms with Crippen LogP contribution in [-0.2, 0) is 6.42 Å². The highest BCUT2D eigenvalue weighted by Gasteiger charge is 2.32. The predicted octanol–water partition coefficient (Wildman–Crippen LogP) is 3.73. The van der Waals surface area contributed by atoms with Crippen LogP contribution >= 0.6 is 0 Å². The van der Waals surface area contributed by atoms with Crippen molar-refractivity contribution in [2.45, 2.75) is 19.3 Å². The number of benzene rings is 2. The average Bonchev–Trinajstić information content (AvgIpc) is 3.31. The molecule has 0 amide bonds. The summed E-state index contributed by atoms with van der Waals surface area (Å²) in [6.45, 7) is 2.05. The number of nitrogens with one attached hydrogen (secondary N) is 2. The molecular formula is C23H23N3O3. The second-order valence-electron chi connectivity index (χ2n) is 7.61. The number of ether oxygens (including phenoxy) is 2. The Hall–Kier alpha value is -3.12. The molecule has 2 aromatic carbocycles. The molecule has 0 radical (unpaired) electrons. The van der Waals surface area contributed by atoms with Crippen molar-refractivity contribution in [2.75, 3.05) is 20.2 Å². The number of nitrogens with zero attached hydrogens (tertiary/aromatic N) is 1. The van der Waals surface area contributed by atoms with Crippen LogP contribution in [-0.4, -0.2) is 36.2 Å². The zero-order chi connectivity index (χ0) is 19.8. The Morgan fingerprint density at radius 2 is 2.03 bits per heavy atom. The first-order chi connectivity index (χ1) is 14.2. The van der Waals surface area contributed by atoms with Crippen LogP contribution in [0.2, 0.25) is 0 Å². The second kappa shape index (κ2) is 7.37. The van der Waals surface area contributed by atoms with Crippen LogP contribution in [0.15, 0.2) is 42.2 Å². The molecule has 0 bridgehead atoms. The molecule has 0 unspecified atom stereocenters. The smallest absolute Gasteiger partial charge is 0.232 e. The number of carbonyl (C=O) groups is 1. The van der Waals surface area contributed by atoms with Gasteiger partial charge in [0.1, 0.15) is 11.5 Å². The monoisotopic (exact) mass is 389 g/mol. The van der Waals surface area contributed by atoms with Gasteiger partial charge in [-0.05, 0) is 56.5 Å². The first-order valence-electron chi connectivity index (χ1n) is 10.0. The zero-order valence-electron chi connectivity index (χ0n) is 16.3. The number of hydrogen-bond donors (Lipinski definition) is 2. The zero-order valence-corrected chi connectivity index (χ0v) is 16.3. The van der Waals surface area contributed by atoms with E-state index in [-0.39, 0.29) is 5.78 Å². The molecule has 2 aliphatic rings. The Morgan fingerprint density at radius 3 is 2.86 bits per heavy atom. The number of methoxy groups -OCH3 is 1. The third kappa shape index (κ3) is 3.19. The summed E-state index contributed by atoms with van der Waals surface area (Å²) in [7, 11) is 1.66. The number of para-hydroxylation sites is 1. The number of hydrogen-bond acceptors (Lipinski definition) is 5. The molecule has 2 N–H and O–H groups in total. The summed E-state index contributed by atoms with van der Waals surface area (Å²) in [6.07, 6.45) is 4.80. The number of fused-ring (bicyclic) bond motifs is 2. The SMILES string of the molecule is COc1ccc2c(c1CC1CCNCC1)O/C(=C\c1n[nH]c3ccccc13)C2=O. The normalized spacial score (nSPS) is 18.2. The molecular weight excluding hydrogens is 366 g/mol. The topological polar surface area (TPSA) is 76.2 Å². The molecule has 6 nitrogen and oxygen atoms in total. The molecule has 2 aliphatic heterocycles. The summed E-state index contributed by atoms with van der Waals surface area (Å²) < 4.78 is 11.7. The third-order valence-electron chi connectivity index (χ3n) is 5.84. The van der Waals surface area contributed by atoms with Crippen molar-refractivity contribution >= 4 is 22.8 Å². The minimum atomic E-state index is -0.110. The molecule has 6 heteroatoms. The van der Waals surface area contributed by atoms with E-state index in [0.29, 0.717) is 28.7 Å². The lowest BCUT2D eigenvalue weighted by Gasteiger charge is -2.24. The van der Waals surface area contributed by atoms with Crippen molar-refractivity contribution in [2.24, 2.45) is 5.92 Å². The molecule has 0 saturated carbocycles. The molecule has 1 aromatic heterocycles. The molecule has 1 fully saturated rings. The third-order valence-corrected chi connectivity index (χ3v) is 5.84. The van der Waals surface area contributed by atoms with Crippen molar-refractivity contribution in [1.82, 2.24) is 15.5 Å². The lowest BCUT2D eigenvalue weighted by Crippen LogP contribution is -2.28. The van der Waals surface area contributed by atoms with Crippen LogP contribution in [0.4, 0.5) is 0 Å². The van der Waals surface area contributed by atoms with Crippen LogP contribution in [0.5, 0.6) is 11.5 Å². The molecule has 1 saturated heterocycles. The Balaban J connectivity index is 1.52. The van der Waals surface area contributed by atoms with Gasteiger partial charge in [-0.25, -0.2) is 0 Å². The molecule has 148 valence electrons. The number of ketones is 1. The van der Waals surface area contributed by atoms with E-state index in [1.807, 2.05) is 30.3 Å². The Labute approximate surface area is 168 Å². The Kier molecular flexibility index (Phi) is 4.56. The first-order valence-corrected chi connectivity index (χ1v) is 10.0. The second-order valence-corrected chi connectivity index (χ2v) is 7.61. The number of H-pyrrole nitrogens is 1. The number of aromatic amines is 1. The van der Waals surface area contributed by atoms with Gasteiger partial charge in [-0.3, -0.25) is 9.89 Å². The van der Waals surface area contributed by atoms with Gasteiger partial charge in [0.15, 0.2) is 5.76 Å². The summed E-state index contributed by atoms with van der Waals surface area (Å²) in [5.74, 6) is 2.16. The fourth-order valence-corrected chi connectivity index (χ4v) is 4.27. The molecule has 3 aromatic rings. The van der Waals surface area contributed by atoms with E-state index in [4.69, 9.17) is 9.47 Å². The maximum Gasteiger partial charge on any atom is 0.232 e. The van der Waals surface area contributed by atoms with Crippen molar-refractivity contribution in [3.05, 3.63) is 59.0 Å². The fourth-order valence-electron chi connectivity index (χ4n) is 4.27. The van der Waals surface area contributed by atoms with Crippen molar-refractivity contribution in [3.63, 3.8) is 0 Å². The van der Waals surface area contributed by atoms with E-state index in [1.165, 1.54) is 0 Å². The van der Waals surface area contributed by atoms with Crippen molar-refractivity contribution in [1.29, 1.82) is 0 Å². The van der Waals surface area contributed by atoms with E-state index in [9.17, 15) is 4.79 Å². The maximum atomic E-state index is 13.0. The van der Waals surface area contributed by atoms with Crippen molar-refractivity contribution < 1.29 is 14.3 Å². The largest absolute Gasteiger partial charge is 0.496 e. The maximum absolute atomic E-state index is 13.0. The van der Waals surface area contributed by atoms with Crippen LogP contribution in [0.3, 0.4) is 0 Å². The number of carbonyl (C=O) groups excluding carboxylic acids is 1. The highest BCUT2D eigenvalue weighted by Crippen LogP contribution is 2.42. The van der Waals surface area contributed by atoms with Crippen LogP contribution in [0, 0.1) is 5.92 Å². The molecule has 5 rings (SSSR count). The highest BCUT2D eigenvalue weighted by atomic mass is 16.5. The lowest BCUT2D eigenvalue weighted by molar-refractivity contribution is 0.101. The average molecular weight is 389 g/mol. The quantitative estimate of drug-likeness (QED) is 0.665. The minimum absolute atomic E-state index is 0.110. The summed E-state index contributed by atoms with van der Waals surface area (Å²) in [4.78, 5) is 13.0. The number of allylic oxidation sites excluding steroid dienone is 1. The fraction of sp³-hybridized carbons (Fsp3) is 0.304. The number of Topliss-reactive ketones (excluding diaryl/α,β-unsaturated/α-hetero) is 1. The van der Waals surface area contributed by atoms with E-state index in [1.54, 1.807) is 19.3 Å². The van der Waals surface area contributed by atoms with Gasteiger partial charge in [0.25, 0.3) is 0 Å². The van der Waals surface area contributed by atoms with Crippen LogP contribution in [0.25, 0.3) is 17.0 Å².